The van der Waals surface area contributed by atoms with Crippen molar-refractivity contribution in [3.63, 3.8) is 0 Å². The van der Waals surface area contributed by atoms with Crippen LogP contribution in [0.15, 0.2) is 18.5 Å². The zero-order valence-electron chi connectivity index (χ0n) is 12.4. The number of rotatable bonds is 3. The fourth-order valence-electron chi connectivity index (χ4n) is 2.30. The lowest BCUT2D eigenvalue weighted by Gasteiger charge is -2.34. The molecule has 1 aliphatic heterocycles. The van der Waals surface area contributed by atoms with E-state index in [1.807, 2.05) is 4.90 Å². The topological polar surface area (TPSA) is 56.7 Å². The summed E-state index contributed by atoms with van der Waals surface area (Å²) in [4.78, 5) is 20.7. The summed E-state index contributed by atoms with van der Waals surface area (Å²) in [5, 5.41) is 8.72. The Kier molecular flexibility index (Phi) is 5.73. The Morgan fingerprint density at radius 2 is 2.10 bits per heavy atom. The van der Waals surface area contributed by atoms with Crippen molar-refractivity contribution in [3.8, 4) is 11.8 Å². The SMILES string of the molecule is CCN1CCN(C(=O)c2cncc(C#CCCO)c2)CC1. The predicted octanol–water partition coefficient (Wildman–Crippen LogP) is 0.593. The van der Waals surface area contributed by atoms with E-state index in [2.05, 4.69) is 28.6 Å². The summed E-state index contributed by atoms with van der Waals surface area (Å²) in [5.74, 6) is 5.77. The van der Waals surface area contributed by atoms with Gasteiger partial charge in [-0.15, -0.1) is 0 Å². The van der Waals surface area contributed by atoms with Gasteiger partial charge in [0.1, 0.15) is 0 Å². The predicted molar refractivity (Wildman–Crippen MR) is 80.8 cm³/mol. The summed E-state index contributed by atoms with van der Waals surface area (Å²) >= 11 is 0. The van der Waals surface area contributed by atoms with Crippen molar-refractivity contribution in [3.05, 3.63) is 29.6 Å². The van der Waals surface area contributed by atoms with Crippen LogP contribution < -0.4 is 0 Å². The maximum atomic E-state index is 12.5. The van der Waals surface area contributed by atoms with E-state index in [0.29, 0.717) is 17.5 Å². The molecule has 0 unspecified atom stereocenters. The first kappa shape index (κ1) is 15.5. The smallest absolute Gasteiger partial charge is 0.255 e. The maximum Gasteiger partial charge on any atom is 0.255 e. The summed E-state index contributed by atoms with van der Waals surface area (Å²) in [5.41, 5.74) is 1.29. The Bertz CT molecular complexity index is 540. The molecule has 1 fully saturated rings. The molecule has 0 radical (unpaired) electrons. The summed E-state index contributed by atoms with van der Waals surface area (Å²) in [7, 11) is 0. The number of likely N-dealkylation sites (N-methyl/N-ethyl adjacent to an activating group) is 1. The molecule has 2 heterocycles. The van der Waals surface area contributed by atoms with E-state index in [1.165, 1.54) is 0 Å². The van der Waals surface area contributed by atoms with Crippen molar-refractivity contribution in [2.45, 2.75) is 13.3 Å². The highest BCUT2D eigenvalue weighted by Gasteiger charge is 2.21. The van der Waals surface area contributed by atoms with Crippen molar-refractivity contribution in [2.75, 3.05) is 39.3 Å². The number of pyridine rings is 1. The molecule has 2 rings (SSSR count). The van der Waals surface area contributed by atoms with Gasteiger partial charge < -0.3 is 14.9 Å². The zero-order valence-corrected chi connectivity index (χ0v) is 12.4. The number of carbonyl (C=O) groups is 1. The van der Waals surface area contributed by atoms with Crippen LogP contribution in [0.1, 0.15) is 29.3 Å². The van der Waals surface area contributed by atoms with Gasteiger partial charge in [-0.05, 0) is 12.6 Å². The average Bonchev–Trinajstić information content (AvgIpc) is 2.55. The largest absolute Gasteiger partial charge is 0.395 e. The molecule has 112 valence electrons. The van der Waals surface area contributed by atoms with Crippen molar-refractivity contribution in [1.29, 1.82) is 0 Å². The second kappa shape index (κ2) is 7.77. The Hall–Kier alpha value is -1.90. The third kappa shape index (κ3) is 4.28. The molecule has 1 aliphatic rings. The number of aromatic nitrogens is 1. The van der Waals surface area contributed by atoms with Gasteiger partial charge >= 0.3 is 0 Å². The van der Waals surface area contributed by atoms with Crippen molar-refractivity contribution in [1.82, 2.24) is 14.8 Å². The van der Waals surface area contributed by atoms with Crippen molar-refractivity contribution in [2.24, 2.45) is 0 Å². The van der Waals surface area contributed by atoms with Crippen LogP contribution in [0.5, 0.6) is 0 Å². The fourth-order valence-corrected chi connectivity index (χ4v) is 2.30. The molecular weight excluding hydrogens is 266 g/mol. The lowest BCUT2D eigenvalue weighted by atomic mass is 10.1. The van der Waals surface area contributed by atoms with Crippen LogP contribution in [0.4, 0.5) is 0 Å². The monoisotopic (exact) mass is 287 g/mol. The van der Waals surface area contributed by atoms with Gasteiger partial charge in [0, 0.05) is 50.6 Å². The van der Waals surface area contributed by atoms with Crippen molar-refractivity contribution < 1.29 is 9.90 Å². The minimum atomic E-state index is 0.0176. The minimum absolute atomic E-state index is 0.0176. The van der Waals surface area contributed by atoms with Crippen LogP contribution in [0.3, 0.4) is 0 Å². The molecule has 1 aromatic heterocycles. The Morgan fingerprint density at radius 3 is 2.76 bits per heavy atom. The van der Waals surface area contributed by atoms with Crippen LogP contribution in [-0.4, -0.2) is 65.1 Å². The molecule has 5 heteroatoms. The second-order valence-corrected chi connectivity index (χ2v) is 4.96. The van der Waals surface area contributed by atoms with Gasteiger partial charge in [0.25, 0.3) is 5.91 Å². The fraction of sp³-hybridized carbons (Fsp3) is 0.500. The molecule has 0 bridgehead atoms. The lowest BCUT2D eigenvalue weighted by Crippen LogP contribution is -2.48. The number of aliphatic hydroxyl groups is 1. The van der Waals surface area contributed by atoms with E-state index in [1.54, 1.807) is 18.5 Å². The normalized spacial score (nSPS) is 15.4. The number of nitrogens with zero attached hydrogens (tertiary/aromatic N) is 3. The first-order valence-corrected chi connectivity index (χ1v) is 7.31. The number of amides is 1. The van der Waals surface area contributed by atoms with E-state index in [4.69, 9.17) is 5.11 Å². The highest BCUT2D eigenvalue weighted by atomic mass is 16.2. The molecule has 21 heavy (non-hydrogen) atoms. The highest BCUT2D eigenvalue weighted by Crippen LogP contribution is 2.09. The van der Waals surface area contributed by atoms with Gasteiger partial charge in [-0.25, -0.2) is 0 Å². The Morgan fingerprint density at radius 1 is 1.33 bits per heavy atom. The van der Waals surface area contributed by atoms with E-state index >= 15 is 0 Å². The first-order chi connectivity index (χ1) is 10.2. The van der Waals surface area contributed by atoms with Crippen LogP contribution in [0.25, 0.3) is 0 Å². The molecule has 0 spiro atoms. The number of aliphatic hydroxyl groups excluding tert-OH is 1. The number of hydrogen-bond acceptors (Lipinski definition) is 4. The molecule has 0 aromatic carbocycles. The number of piperazine rings is 1. The molecule has 1 aromatic rings. The van der Waals surface area contributed by atoms with Crippen molar-refractivity contribution >= 4 is 5.91 Å². The Labute approximate surface area is 125 Å². The second-order valence-electron chi connectivity index (χ2n) is 4.96. The lowest BCUT2D eigenvalue weighted by molar-refractivity contribution is 0.0643. The van der Waals surface area contributed by atoms with E-state index in [9.17, 15) is 4.79 Å². The van der Waals surface area contributed by atoms with Gasteiger partial charge in [0.05, 0.1) is 12.2 Å². The van der Waals surface area contributed by atoms with Crippen LogP contribution in [0.2, 0.25) is 0 Å². The Balaban J connectivity index is 2.03. The third-order valence-electron chi connectivity index (χ3n) is 3.56. The molecule has 0 aliphatic carbocycles. The van der Waals surface area contributed by atoms with Crippen LogP contribution >= 0.6 is 0 Å². The van der Waals surface area contributed by atoms with Gasteiger partial charge in [-0.1, -0.05) is 18.8 Å². The molecule has 0 atom stereocenters. The standard InChI is InChI=1S/C16H21N3O2/c1-2-18-6-8-19(9-7-18)16(21)15-11-14(12-17-13-15)5-3-4-10-20/h11-13,20H,2,4,6-10H2,1H3. The van der Waals surface area contributed by atoms with Gasteiger partial charge in [-0.2, -0.15) is 0 Å². The first-order valence-electron chi connectivity index (χ1n) is 7.31. The van der Waals surface area contributed by atoms with Gasteiger partial charge in [0.2, 0.25) is 0 Å². The molecule has 0 saturated carbocycles. The van der Waals surface area contributed by atoms with Gasteiger partial charge in [0.15, 0.2) is 0 Å². The molecule has 1 saturated heterocycles. The van der Waals surface area contributed by atoms with Gasteiger partial charge in [-0.3, -0.25) is 9.78 Å². The molecule has 1 amide bonds. The average molecular weight is 287 g/mol. The molecular formula is C16H21N3O2. The van der Waals surface area contributed by atoms with E-state index < -0.39 is 0 Å². The molecule has 1 N–H and O–H groups in total. The quantitative estimate of drug-likeness (QED) is 0.827. The summed E-state index contributed by atoms with van der Waals surface area (Å²) in [6.07, 6.45) is 3.65. The maximum absolute atomic E-state index is 12.5. The molecule has 5 nitrogen and oxygen atoms in total. The van der Waals surface area contributed by atoms with Crippen LogP contribution in [-0.2, 0) is 0 Å². The zero-order chi connectivity index (χ0) is 15.1. The highest BCUT2D eigenvalue weighted by molar-refractivity contribution is 5.94. The summed E-state index contributed by atoms with van der Waals surface area (Å²) < 4.78 is 0. The van der Waals surface area contributed by atoms with E-state index in [0.717, 1.165) is 32.7 Å². The number of hydrogen-bond donors (Lipinski definition) is 1. The summed E-state index contributed by atoms with van der Waals surface area (Å²) in [6, 6.07) is 1.77. The third-order valence-corrected chi connectivity index (χ3v) is 3.56. The summed E-state index contributed by atoms with van der Waals surface area (Å²) in [6.45, 7) is 6.56. The van der Waals surface area contributed by atoms with Crippen LogP contribution in [0, 0.1) is 11.8 Å². The number of carbonyl (C=O) groups excluding carboxylic acids is 1. The minimum Gasteiger partial charge on any atom is -0.395 e. The van der Waals surface area contributed by atoms with E-state index in [-0.39, 0.29) is 12.5 Å².